The second-order valence-electron chi connectivity index (χ2n) is 13.1. The van der Waals surface area contributed by atoms with E-state index in [-0.39, 0.29) is 0 Å². The summed E-state index contributed by atoms with van der Waals surface area (Å²) in [6.45, 7) is 0. The van der Waals surface area contributed by atoms with Crippen LogP contribution in [0.1, 0.15) is 0 Å². The van der Waals surface area contributed by atoms with Crippen LogP contribution < -0.4 is 0 Å². The zero-order valence-electron chi connectivity index (χ0n) is 27.1. The lowest BCUT2D eigenvalue weighted by atomic mass is 10.1. The molecule has 0 radical (unpaired) electrons. The van der Waals surface area contributed by atoms with Gasteiger partial charge in [-0.15, -0.1) is 0 Å². The average Bonchev–Trinajstić information content (AvgIpc) is 3.94. The molecule has 4 heterocycles. The van der Waals surface area contributed by atoms with E-state index in [2.05, 4.69) is 201 Å². The first-order valence-corrected chi connectivity index (χ1v) is 17.1. The van der Waals surface area contributed by atoms with Gasteiger partial charge in [-0.25, -0.2) is 0 Å². The van der Waals surface area contributed by atoms with Gasteiger partial charge in [0, 0.05) is 67.5 Å². The maximum atomic E-state index is 2.43. The molecule has 0 fully saturated rings. The van der Waals surface area contributed by atoms with Crippen molar-refractivity contribution < 1.29 is 0 Å². The number of rotatable bonds is 4. The van der Waals surface area contributed by atoms with Crippen molar-refractivity contribution in [3.63, 3.8) is 0 Å². The topological polar surface area (TPSA) is 19.7 Å². The molecule has 0 saturated heterocycles. The Morgan fingerprint density at radius 3 is 1.16 bits per heavy atom. The lowest BCUT2D eigenvalue weighted by molar-refractivity contribution is 1.12. The van der Waals surface area contributed by atoms with E-state index in [0.717, 1.165) is 22.7 Å². The average molecular weight is 639 g/mol. The number of hydrogen-bond acceptors (Lipinski definition) is 0. The highest BCUT2D eigenvalue weighted by molar-refractivity contribution is 6.15. The second kappa shape index (κ2) is 10.4. The van der Waals surface area contributed by atoms with Crippen molar-refractivity contribution in [2.24, 2.45) is 0 Å². The summed E-state index contributed by atoms with van der Waals surface area (Å²) >= 11 is 0. The molecule has 0 aliphatic heterocycles. The van der Waals surface area contributed by atoms with Crippen molar-refractivity contribution in [3.8, 4) is 22.7 Å². The molecule has 0 aliphatic carbocycles. The molecule has 50 heavy (non-hydrogen) atoms. The van der Waals surface area contributed by atoms with Crippen LogP contribution in [0.2, 0.25) is 0 Å². The van der Waals surface area contributed by atoms with E-state index < -0.39 is 0 Å². The van der Waals surface area contributed by atoms with Gasteiger partial charge in [-0.1, -0.05) is 78.9 Å². The third kappa shape index (κ3) is 3.87. The number of para-hydroxylation sites is 4. The zero-order valence-corrected chi connectivity index (χ0v) is 27.1. The number of fused-ring (bicyclic) bond motifs is 8. The SMILES string of the molecule is c1ccc(-n2ccc3cc4c5ccccc5n(-c5cccc(-n6c7ccccc7c7cc8ccn(-c9ccccc9)c8cc76)c5)c4cc32)cc1. The van der Waals surface area contributed by atoms with Gasteiger partial charge in [0.2, 0.25) is 0 Å². The second-order valence-corrected chi connectivity index (χ2v) is 13.1. The lowest BCUT2D eigenvalue weighted by Crippen LogP contribution is -1.99. The van der Waals surface area contributed by atoms with Gasteiger partial charge < -0.3 is 18.3 Å². The minimum Gasteiger partial charge on any atom is -0.316 e. The number of aromatic nitrogens is 4. The molecule has 11 rings (SSSR count). The molecule has 0 atom stereocenters. The van der Waals surface area contributed by atoms with E-state index in [0.29, 0.717) is 0 Å². The van der Waals surface area contributed by atoms with Crippen molar-refractivity contribution >= 4 is 65.4 Å². The summed E-state index contributed by atoms with van der Waals surface area (Å²) in [5, 5.41) is 7.48. The highest BCUT2D eigenvalue weighted by atomic mass is 15.0. The van der Waals surface area contributed by atoms with Crippen LogP contribution in [0.15, 0.2) is 182 Å². The molecule has 4 nitrogen and oxygen atoms in total. The molecule has 234 valence electrons. The van der Waals surface area contributed by atoms with Crippen molar-refractivity contribution in [3.05, 3.63) is 182 Å². The first-order chi connectivity index (χ1) is 24.8. The van der Waals surface area contributed by atoms with E-state index >= 15 is 0 Å². The van der Waals surface area contributed by atoms with Gasteiger partial charge in [0.05, 0.1) is 33.1 Å². The van der Waals surface area contributed by atoms with Crippen LogP contribution in [0.5, 0.6) is 0 Å². The first-order valence-electron chi connectivity index (χ1n) is 17.1. The van der Waals surface area contributed by atoms with E-state index in [1.165, 1.54) is 65.4 Å². The molecule has 0 aliphatic rings. The van der Waals surface area contributed by atoms with Crippen LogP contribution in [-0.4, -0.2) is 18.3 Å². The molecule has 0 bridgehead atoms. The quantitative estimate of drug-likeness (QED) is 0.183. The van der Waals surface area contributed by atoms with Gasteiger partial charge in [0.1, 0.15) is 0 Å². The third-order valence-electron chi connectivity index (χ3n) is 10.4. The maximum Gasteiger partial charge on any atom is 0.0562 e. The highest BCUT2D eigenvalue weighted by Crippen LogP contribution is 2.39. The molecule has 0 unspecified atom stereocenters. The van der Waals surface area contributed by atoms with E-state index in [1.54, 1.807) is 0 Å². The van der Waals surface area contributed by atoms with Crippen LogP contribution in [0.3, 0.4) is 0 Å². The molecule has 4 aromatic heterocycles. The predicted octanol–water partition coefficient (Wildman–Crippen LogP) is 11.8. The van der Waals surface area contributed by atoms with Crippen molar-refractivity contribution in [1.29, 1.82) is 0 Å². The summed E-state index contributed by atoms with van der Waals surface area (Å²) in [5.41, 5.74) is 11.7. The fraction of sp³-hybridized carbons (Fsp3) is 0. The minimum absolute atomic E-state index is 1.13. The van der Waals surface area contributed by atoms with E-state index in [4.69, 9.17) is 0 Å². The van der Waals surface area contributed by atoms with Gasteiger partial charge >= 0.3 is 0 Å². The Kier molecular flexibility index (Phi) is 5.63. The summed E-state index contributed by atoms with van der Waals surface area (Å²) in [6.07, 6.45) is 4.36. The van der Waals surface area contributed by atoms with Gasteiger partial charge in [-0.2, -0.15) is 0 Å². The van der Waals surface area contributed by atoms with Crippen LogP contribution in [-0.2, 0) is 0 Å². The third-order valence-corrected chi connectivity index (χ3v) is 10.4. The Labute approximate surface area is 287 Å². The van der Waals surface area contributed by atoms with E-state index in [1.807, 2.05) is 0 Å². The van der Waals surface area contributed by atoms with Gasteiger partial charge in [-0.05, 0) is 91.0 Å². The van der Waals surface area contributed by atoms with Crippen molar-refractivity contribution in [2.75, 3.05) is 0 Å². The molecular weight excluding hydrogens is 609 g/mol. The molecule has 0 amide bonds. The molecule has 0 spiro atoms. The Morgan fingerprint density at radius 2 is 0.680 bits per heavy atom. The standard InChI is InChI=1S/C46H30N4/c1-3-12-33(13-4-1)47-24-22-31-26-39-37-18-7-9-20-41(37)49(45(39)29-43(31)47)35-16-11-17-36(28-35)50-42-21-10-8-19-38(42)40-27-32-23-25-48(44(32)30-46(40)50)34-14-5-2-6-15-34/h1-30H. The van der Waals surface area contributed by atoms with Gasteiger partial charge in [0.25, 0.3) is 0 Å². The van der Waals surface area contributed by atoms with Crippen LogP contribution in [0.25, 0.3) is 88.2 Å². The molecule has 4 heteroatoms. The van der Waals surface area contributed by atoms with Gasteiger partial charge in [0.15, 0.2) is 0 Å². The molecular formula is C46H30N4. The maximum absolute atomic E-state index is 2.43. The Hall–Kier alpha value is -6.78. The predicted molar refractivity (Wildman–Crippen MR) is 209 cm³/mol. The largest absolute Gasteiger partial charge is 0.316 e. The van der Waals surface area contributed by atoms with Crippen molar-refractivity contribution in [1.82, 2.24) is 18.3 Å². The van der Waals surface area contributed by atoms with Crippen molar-refractivity contribution in [2.45, 2.75) is 0 Å². The van der Waals surface area contributed by atoms with Gasteiger partial charge in [-0.3, -0.25) is 0 Å². The normalized spacial score (nSPS) is 12.0. The minimum atomic E-state index is 1.13. The Morgan fingerprint density at radius 1 is 0.260 bits per heavy atom. The molecule has 7 aromatic carbocycles. The lowest BCUT2D eigenvalue weighted by Gasteiger charge is -2.13. The summed E-state index contributed by atoms with van der Waals surface area (Å²) in [7, 11) is 0. The van der Waals surface area contributed by atoms with Crippen LogP contribution in [0.4, 0.5) is 0 Å². The number of hydrogen-bond donors (Lipinski definition) is 0. The number of nitrogens with zero attached hydrogens (tertiary/aromatic N) is 4. The first kappa shape index (κ1) is 27.2. The summed E-state index contributed by atoms with van der Waals surface area (Å²) in [5.74, 6) is 0. The summed E-state index contributed by atoms with van der Waals surface area (Å²) in [4.78, 5) is 0. The zero-order chi connectivity index (χ0) is 32.8. The smallest absolute Gasteiger partial charge is 0.0562 e. The summed E-state index contributed by atoms with van der Waals surface area (Å²) in [6, 6.07) is 61.6. The number of benzene rings is 7. The molecule has 0 saturated carbocycles. The molecule has 11 aromatic rings. The fourth-order valence-corrected chi connectivity index (χ4v) is 8.15. The Bertz CT molecular complexity index is 2870. The molecule has 0 N–H and O–H groups in total. The summed E-state index contributed by atoms with van der Waals surface area (Å²) < 4.78 is 9.44. The monoisotopic (exact) mass is 638 g/mol. The Balaban J connectivity index is 1.17. The highest BCUT2D eigenvalue weighted by Gasteiger charge is 2.18. The fourth-order valence-electron chi connectivity index (χ4n) is 8.15. The van der Waals surface area contributed by atoms with Crippen LogP contribution in [0, 0.1) is 0 Å². The van der Waals surface area contributed by atoms with Crippen LogP contribution >= 0.6 is 0 Å². The van der Waals surface area contributed by atoms with E-state index in [9.17, 15) is 0 Å².